The van der Waals surface area contributed by atoms with Crippen molar-refractivity contribution in [2.45, 2.75) is 33.6 Å². The lowest BCUT2D eigenvalue weighted by atomic mass is 10.1. The summed E-state index contributed by atoms with van der Waals surface area (Å²) in [5.41, 5.74) is 2.50. The maximum absolute atomic E-state index is 10.2. The second-order valence-electron chi connectivity index (χ2n) is 3.45. The van der Waals surface area contributed by atoms with E-state index < -0.39 is 9.17 Å². The van der Waals surface area contributed by atoms with Gasteiger partial charge in [-0.25, -0.2) is 0 Å². The molecule has 1 N–H and O–H groups in total. The SMILES string of the molecule is CC(C)=CCC/C(C)=C/CO[Si](=O)O. The topological polar surface area (TPSA) is 46.5 Å². The summed E-state index contributed by atoms with van der Waals surface area (Å²) in [5.74, 6) is 0. The molecule has 0 aromatic rings. The zero-order valence-electron chi connectivity index (χ0n) is 9.04. The van der Waals surface area contributed by atoms with Gasteiger partial charge in [0, 0.05) is 0 Å². The third kappa shape index (κ3) is 9.19. The number of hydrogen-bond donors (Lipinski definition) is 1. The summed E-state index contributed by atoms with van der Waals surface area (Å²) < 4.78 is 14.8. The van der Waals surface area contributed by atoms with Gasteiger partial charge in [0.1, 0.15) is 0 Å². The lowest BCUT2D eigenvalue weighted by molar-refractivity contribution is 0.248. The maximum atomic E-state index is 10.2. The third-order valence-corrected chi connectivity index (χ3v) is 2.14. The molecule has 4 heteroatoms. The molecule has 3 nitrogen and oxygen atoms in total. The Morgan fingerprint density at radius 2 is 2.00 bits per heavy atom. The number of allylic oxidation sites excluding steroid dienone is 3. The molecule has 80 valence electrons. The summed E-state index contributed by atoms with van der Waals surface area (Å²) in [7, 11) is -2.77. The molecule has 0 saturated carbocycles. The lowest BCUT2D eigenvalue weighted by Crippen LogP contribution is -2.05. The largest absolute Gasteiger partial charge is 0.764 e. The van der Waals surface area contributed by atoms with E-state index in [4.69, 9.17) is 4.80 Å². The van der Waals surface area contributed by atoms with Crippen LogP contribution in [0.5, 0.6) is 0 Å². The summed E-state index contributed by atoms with van der Waals surface area (Å²) in [6.45, 7) is 6.37. The third-order valence-electron chi connectivity index (χ3n) is 1.73. The van der Waals surface area contributed by atoms with E-state index in [9.17, 15) is 4.46 Å². The standard InChI is InChI=1S/C10H18O3Si/c1-9(2)5-4-6-10(3)7-8-13-14(11)12/h5,7,11H,4,6,8H2,1-3H3/b10-7+. The van der Waals surface area contributed by atoms with E-state index in [0.29, 0.717) is 0 Å². The normalized spacial score (nSPS) is 10.9. The molecule has 0 unspecified atom stereocenters. The van der Waals surface area contributed by atoms with Gasteiger partial charge in [-0.05, 0) is 39.7 Å². The fourth-order valence-electron chi connectivity index (χ4n) is 0.946. The van der Waals surface area contributed by atoms with Crippen molar-refractivity contribution in [3.8, 4) is 0 Å². The van der Waals surface area contributed by atoms with Crippen LogP contribution < -0.4 is 0 Å². The second-order valence-corrected chi connectivity index (χ2v) is 4.27. The van der Waals surface area contributed by atoms with Crippen molar-refractivity contribution in [3.63, 3.8) is 0 Å². The summed E-state index contributed by atoms with van der Waals surface area (Å²) in [6.07, 6.45) is 6.00. The average molecular weight is 214 g/mol. The predicted molar refractivity (Wildman–Crippen MR) is 57.0 cm³/mol. The van der Waals surface area contributed by atoms with Crippen molar-refractivity contribution in [1.82, 2.24) is 0 Å². The molecule has 0 spiro atoms. The van der Waals surface area contributed by atoms with Crippen LogP contribution in [0.3, 0.4) is 0 Å². The maximum Gasteiger partial charge on any atom is 0.764 e. The molecule has 0 atom stereocenters. The smallest absolute Gasteiger partial charge is 0.511 e. The summed E-state index contributed by atoms with van der Waals surface area (Å²) in [4.78, 5) is 8.40. The molecular weight excluding hydrogens is 196 g/mol. The minimum absolute atomic E-state index is 0.231. The first-order valence-corrected chi connectivity index (χ1v) is 5.93. The van der Waals surface area contributed by atoms with E-state index >= 15 is 0 Å². The van der Waals surface area contributed by atoms with Crippen LogP contribution in [0, 0.1) is 0 Å². The minimum Gasteiger partial charge on any atom is -0.511 e. The first-order chi connectivity index (χ1) is 6.52. The molecule has 0 aliphatic carbocycles. The van der Waals surface area contributed by atoms with Crippen molar-refractivity contribution >= 4 is 9.17 Å². The molecule has 0 aliphatic rings. The van der Waals surface area contributed by atoms with Gasteiger partial charge in [0.15, 0.2) is 0 Å². The fraction of sp³-hybridized carbons (Fsp3) is 0.600. The van der Waals surface area contributed by atoms with Crippen LogP contribution in [0.15, 0.2) is 23.3 Å². The molecule has 0 bridgehead atoms. The zero-order valence-corrected chi connectivity index (χ0v) is 10.0. The van der Waals surface area contributed by atoms with E-state index in [1.807, 2.05) is 13.0 Å². The van der Waals surface area contributed by atoms with Gasteiger partial charge in [0.2, 0.25) is 0 Å². The molecule has 0 aromatic carbocycles. The first kappa shape index (κ1) is 13.1. The molecule has 0 radical (unpaired) electrons. The molecule has 0 aromatic heterocycles. The Morgan fingerprint density at radius 3 is 2.50 bits per heavy atom. The van der Waals surface area contributed by atoms with Crippen LogP contribution >= 0.6 is 0 Å². The Hall–Kier alpha value is -0.903. The Labute approximate surface area is 87.0 Å². The molecule has 0 saturated heterocycles. The van der Waals surface area contributed by atoms with Crippen LogP contribution in [-0.4, -0.2) is 20.6 Å². The van der Waals surface area contributed by atoms with Crippen LogP contribution in [0.25, 0.3) is 0 Å². The Kier molecular flexibility index (Phi) is 7.01. The highest BCUT2D eigenvalue weighted by molar-refractivity contribution is 6.24. The molecular formula is C10H18O3Si. The van der Waals surface area contributed by atoms with Crippen molar-refractivity contribution in [2.24, 2.45) is 0 Å². The van der Waals surface area contributed by atoms with Crippen LogP contribution in [0.1, 0.15) is 33.6 Å². The van der Waals surface area contributed by atoms with Gasteiger partial charge in [-0.15, -0.1) is 0 Å². The Morgan fingerprint density at radius 1 is 1.36 bits per heavy atom. The molecule has 0 aliphatic heterocycles. The van der Waals surface area contributed by atoms with Crippen molar-refractivity contribution in [3.05, 3.63) is 23.3 Å². The van der Waals surface area contributed by atoms with E-state index in [2.05, 4.69) is 24.3 Å². The van der Waals surface area contributed by atoms with Gasteiger partial charge < -0.3 is 9.22 Å². The van der Waals surface area contributed by atoms with E-state index in [-0.39, 0.29) is 6.61 Å². The van der Waals surface area contributed by atoms with Gasteiger partial charge in [-0.1, -0.05) is 17.2 Å². The zero-order chi connectivity index (χ0) is 11.0. The lowest BCUT2D eigenvalue weighted by Gasteiger charge is -1.99. The monoisotopic (exact) mass is 214 g/mol. The van der Waals surface area contributed by atoms with Crippen molar-refractivity contribution in [1.29, 1.82) is 0 Å². The molecule has 0 amide bonds. The number of hydrogen-bond acceptors (Lipinski definition) is 2. The predicted octanol–water partition coefficient (Wildman–Crippen LogP) is 2.10. The van der Waals surface area contributed by atoms with E-state index in [1.54, 1.807) is 0 Å². The van der Waals surface area contributed by atoms with Crippen LogP contribution in [-0.2, 0) is 8.89 Å². The van der Waals surface area contributed by atoms with Gasteiger partial charge in [-0.2, -0.15) is 0 Å². The summed E-state index contributed by atoms with van der Waals surface area (Å²) in [5, 5.41) is 0. The average Bonchev–Trinajstić information content (AvgIpc) is 2.02. The van der Waals surface area contributed by atoms with Crippen molar-refractivity contribution in [2.75, 3.05) is 6.61 Å². The van der Waals surface area contributed by atoms with Gasteiger partial charge >= 0.3 is 9.17 Å². The molecule has 0 rings (SSSR count). The summed E-state index contributed by atoms with van der Waals surface area (Å²) >= 11 is 0. The van der Waals surface area contributed by atoms with Gasteiger partial charge in [-0.3, -0.25) is 4.46 Å². The Bertz CT molecular complexity index is 240. The quantitative estimate of drug-likeness (QED) is 0.544. The fourth-order valence-corrected chi connectivity index (χ4v) is 1.17. The van der Waals surface area contributed by atoms with Crippen LogP contribution in [0.4, 0.5) is 0 Å². The minimum atomic E-state index is -2.77. The van der Waals surface area contributed by atoms with Gasteiger partial charge in [0.05, 0.1) is 6.61 Å². The highest BCUT2D eigenvalue weighted by atomic mass is 28.3. The first-order valence-electron chi connectivity index (χ1n) is 4.67. The Balaban J connectivity index is 3.67. The highest BCUT2D eigenvalue weighted by Gasteiger charge is 2.00. The van der Waals surface area contributed by atoms with Gasteiger partial charge in [0.25, 0.3) is 0 Å². The number of rotatable bonds is 6. The molecule has 0 fully saturated rings. The van der Waals surface area contributed by atoms with E-state index in [1.165, 1.54) is 11.1 Å². The van der Waals surface area contributed by atoms with E-state index in [0.717, 1.165) is 12.8 Å². The van der Waals surface area contributed by atoms with Crippen molar-refractivity contribution < 1.29 is 13.7 Å². The molecule has 14 heavy (non-hydrogen) atoms. The molecule has 0 heterocycles. The second kappa shape index (κ2) is 7.50. The highest BCUT2D eigenvalue weighted by Crippen LogP contribution is 2.06. The van der Waals surface area contributed by atoms with Crippen LogP contribution in [0.2, 0.25) is 0 Å². The summed E-state index contributed by atoms with van der Waals surface area (Å²) in [6, 6.07) is 0.